The summed E-state index contributed by atoms with van der Waals surface area (Å²) in [6, 6.07) is 12.0. The van der Waals surface area contributed by atoms with Crippen molar-refractivity contribution in [3.8, 4) is 0 Å². The SMILES string of the molecule is [NH2+]=C([NH3+])c1ccccc1Nc1ccc(C(F)(F)F)cc1. The van der Waals surface area contributed by atoms with Crippen molar-refractivity contribution in [2.45, 2.75) is 6.18 Å². The van der Waals surface area contributed by atoms with Crippen molar-refractivity contribution in [3.05, 3.63) is 59.7 Å². The largest absolute Gasteiger partial charge is 0.416 e. The van der Waals surface area contributed by atoms with Gasteiger partial charge in [-0.15, -0.1) is 0 Å². The predicted octanol–water partition coefficient (Wildman–Crippen LogP) is 1.20. The van der Waals surface area contributed by atoms with Crippen LogP contribution in [0.3, 0.4) is 0 Å². The average Bonchev–Trinajstić information content (AvgIpc) is 2.38. The fourth-order valence-corrected chi connectivity index (χ4v) is 1.77. The standard InChI is InChI=1S/C14H12F3N3/c15-14(16,17)9-5-7-10(8-6-9)20-12-4-2-1-3-11(12)13(18)19/h1-8,20H,(H3,18,19)/p+2. The Bertz CT molecular complexity index is 618. The normalized spacial score (nSPS) is 11.2. The second kappa shape index (κ2) is 5.34. The van der Waals surface area contributed by atoms with Crippen LogP contribution in [0, 0.1) is 0 Å². The molecule has 2 aromatic carbocycles. The number of amidine groups is 1. The van der Waals surface area contributed by atoms with Gasteiger partial charge in [-0.05, 0) is 36.4 Å². The molecule has 0 bridgehead atoms. The maximum Gasteiger partial charge on any atom is 0.416 e. The van der Waals surface area contributed by atoms with Gasteiger partial charge in [0, 0.05) is 5.69 Å². The Morgan fingerprint density at radius 3 is 2.15 bits per heavy atom. The summed E-state index contributed by atoms with van der Waals surface area (Å²) in [5.41, 5.74) is 4.94. The van der Waals surface area contributed by atoms with Gasteiger partial charge in [0.25, 0.3) is 0 Å². The first kappa shape index (κ1) is 14.1. The monoisotopic (exact) mass is 281 g/mol. The van der Waals surface area contributed by atoms with E-state index in [-0.39, 0.29) is 0 Å². The van der Waals surface area contributed by atoms with Gasteiger partial charge in [-0.25, -0.2) is 5.41 Å². The minimum absolute atomic E-state index is 0.389. The van der Waals surface area contributed by atoms with Gasteiger partial charge >= 0.3 is 12.0 Å². The molecular weight excluding hydrogens is 267 g/mol. The molecule has 3 nitrogen and oxygen atoms in total. The number of hydrogen-bond donors (Lipinski definition) is 3. The molecule has 0 fully saturated rings. The van der Waals surface area contributed by atoms with Gasteiger partial charge in [-0.2, -0.15) is 13.2 Å². The zero-order valence-corrected chi connectivity index (χ0v) is 10.5. The smallest absolute Gasteiger partial charge is 0.355 e. The van der Waals surface area contributed by atoms with Gasteiger partial charge in [-0.1, -0.05) is 12.1 Å². The van der Waals surface area contributed by atoms with Gasteiger partial charge in [0.15, 0.2) is 0 Å². The number of anilines is 2. The topological polar surface area (TPSA) is 65.3 Å². The Balaban J connectivity index is 2.25. The first-order valence-electron chi connectivity index (χ1n) is 5.86. The van der Waals surface area contributed by atoms with E-state index in [1.165, 1.54) is 12.1 Å². The molecule has 0 amide bonds. The molecule has 2 rings (SSSR count). The van der Waals surface area contributed by atoms with E-state index in [4.69, 9.17) is 5.41 Å². The van der Waals surface area contributed by atoms with Crippen molar-refractivity contribution in [2.75, 3.05) is 5.32 Å². The number of rotatable bonds is 3. The number of nitrogens with one attached hydrogen (secondary N) is 1. The zero-order chi connectivity index (χ0) is 14.8. The summed E-state index contributed by atoms with van der Waals surface area (Å²) in [4.78, 5) is 0. The van der Waals surface area contributed by atoms with Gasteiger partial charge in [0.1, 0.15) is 5.56 Å². The summed E-state index contributed by atoms with van der Waals surface area (Å²) in [5.74, 6) is 0.389. The molecule has 6 N–H and O–H groups in total. The van der Waals surface area contributed by atoms with Crippen LogP contribution in [0.25, 0.3) is 0 Å². The highest BCUT2D eigenvalue weighted by Gasteiger charge is 2.29. The maximum absolute atomic E-state index is 12.5. The van der Waals surface area contributed by atoms with Crippen LogP contribution in [0.5, 0.6) is 0 Å². The van der Waals surface area contributed by atoms with Crippen LogP contribution in [-0.2, 0) is 6.18 Å². The lowest BCUT2D eigenvalue weighted by molar-refractivity contribution is -0.298. The highest BCUT2D eigenvalue weighted by Crippen LogP contribution is 2.30. The maximum atomic E-state index is 12.5. The van der Waals surface area contributed by atoms with E-state index in [2.05, 4.69) is 11.1 Å². The molecular formula is C14H14F3N3+2. The number of benzene rings is 2. The lowest BCUT2D eigenvalue weighted by atomic mass is 10.1. The van der Waals surface area contributed by atoms with E-state index >= 15 is 0 Å². The van der Waals surface area contributed by atoms with Crippen molar-refractivity contribution in [1.82, 2.24) is 0 Å². The summed E-state index contributed by atoms with van der Waals surface area (Å²) in [7, 11) is 0. The van der Waals surface area contributed by atoms with Crippen LogP contribution < -0.4 is 16.5 Å². The lowest BCUT2D eigenvalue weighted by Crippen LogP contribution is -2.70. The molecule has 0 saturated heterocycles. The third-order valence-electron chi connectivity index (χ3n) is 2.76. The van der Waals surface area contributed by atoms with E-state index in [1.54, 1.807) is 18.2 Å². The molecule has 0 spiro atoms. The molecule has 104 valence electrons. The first-order chi connectivity index (χ1) is 9.38. The highest BCUT2D eigenvalue weighted by molar-refractivity contribution is 5.93. The molecule has 0 aromatic heterocycles. The minimum Gasteiger partial charge on any atom is -0.355 e. The van der Waals surface area contributed by atoms with Crippen LogP contribution in [-0.4, -0.2) is 5.84 Å². The van der Waals surface area contributed by atoms with Gasteiger partial charge in [-0.3, -0.25) is 5.73 Å². The molecule has 0 atom stereocenters. The minimum atomic E-state index is -4.33. The molecule has 0 aliphatic carbocycles. The third-order valence-corrected chi connectivity index (χ3v) is 2.76. The van der Waals surface area contributed by atoms with Gasteiger partial charge < -0.3 is 5.32 Å². The quantitative estimate of drug-likeness (QED) is 0.574. The number of para-hydroxylation sites is 1. The summed E-state index contributed by atoms with van der Waals surface area (Å²) >= 11 is 0. The molecule has 0 saturated carbocycles. The van der Waals surface area contributed by atoms with Gasteiger partial charge in [0.2, 0.25) is 0 Å². The molecule has 0 heterocycles. The van der Waals surface area contributed by atoms with E-state index in [0.717, 1.165) is 12.1 Å². The van der Waals surface area contributed by atoms with Crippen LogP contribution in [0.4, 0.5) is 24.5 Å². The van der Waals surface area contributed by atoms with Crippen LogP contribution in [0.2, 0.25) is 0 Å². The summed E-state index contributed by atoms with van der Waals surface area (Å²) in [5, 5.41) is 8.69. The average molecular weight is 281 g/mol. The molecule has 0 radical (unpaired) electrons. The second-order valence-corrected chi connectivity index (χ2v) is 4.27. The van der Waals surface area contributed by atoms with Crippen molar-refractivity contribution >= 4 is 17.2 Å². The Labute approximate surface area is 113 Å². The fourth-order valence-electron chi connectivity index (χ4n) is 1.77. The number of quaternary nitrogens is 1. The predicted molar refractivity (Wildman–Crippen MR) is 70.1 cm³/mol. The zero-order valence-electron chi connectivity index (χ0n) is 10.5. The molecule has 0 aliphatic rings. The van der Waals surface area contributed by atoms with Crippen molar-refractivity contribution < 1.29 is 24.3 Å². The van der Waals surface area contributed by atoms with E-state index < -0.39 is 11.7 Å². The van der Waals surface area contributed by atoms with Crippen molar-refractivity contribution in [3.63, 3.8) is 0 Å². The Hall–Kier alpha value is -2.34. The van der Waals surface area contributed by atoms with Crippen molar-refractivity contribution in [2.24, 2.45) is 0 Å². The van der Waals surface area contributed by atoms with E-state index in [0.29, 0.717) is 22.8 Å². The fraction of sp³-hybridized carbons (Fsp3) is 0.0714. The summed E-state index contributed by atoms with van der Waals surface area (Å²) in [6.45, 7) is 0. The number of nitrogens with two attached hydrogens (primary N) is 1. The van der Waals surface area contributed by atoms with Crippen LogP contribution in [0.15, 0.2) is 48.5 Å². The molecule has 2 aromatic rings. The van der Waals surface area contributed by atoms with Crippen LogP contribution >= 0.6 is 0 Å². The highest BCUT2D eigenvalue weighted by atomic mass is 19.4. The number of alkyl halides is 3. The Morgan fingerprint density at radius 2 is 1.60 bits per heavy atom. The number of hydrogen-bond acceptors (Lipinski definition) is 1. The lowest BCUT2D eigenvalue weighted by Gasteiger charge is -2.10. The van der Waals surface area contributed by atoms with Crippen molar-refractivity contribution in [1.29, 1.82) is 0 Å². The Morgan fingerprint density at radius 1 is 1.00 bits per heavy atom. The summed E-state index contributed by atoms with van der Waals surface area (Å²) < 4.78 is 37.4. The number of halogens is 3. The third kappa shape index (κ3) is 3.16. The molecule has 6 heteroatoms. The summed E-state index contributed by atoms with van der Waals surface area (Å²) in [6.07, 6.45) is -4.33. The molecule has 20 heavy (non-hydrogen) atoms. The Kier molecular flexibility index (Phi) is 3.76. The van der Waals surface area contributed by atoms with Gasteiger partial charge in [0.05, 0.1) is 11.3 Å². The van der Waals surface area contributed by atoms with Crippen LogP contribution in [0.1, 0.15) is 11.1 Å². The van der Waals surface area contributed by atoms with E-state index in [1.807, 2.05) is 6.07 Å². The second-order valence-electron chi connectivity index (χ2n) is 4.27. The van der Waals surface area contributed by atoms with E-state index in [9.17, 15) is 13.2 Å². The molecule has 0 unspecified atom stereocenters. The molecule has 0 aliphatic heterocycles. The first-order valence-corrected chi connectivity index (χ1v) is 5.86.